The smallest absolute Gasteiger partial charge is 0.357 e. The molecule has 4 heteroatoms. The van der Waals surface area contributed by atoms with E-state index in [-0.39, 0.29) is 12.3 Å². The summed E-state index contributed by atoms with van der Waals surface area (Å²) in [6.45, 7) is 4.25. The molecule has 0 fully saturated rings. The highest BCUT2D eigenvalue weighted by atomic mass is 16.5. The first-order chi connectivity index (χ1) is 9.08. The van der Waals surface area contributed by atoms with Gasteiger partial charge in [-0.05, 0) is 42.7 Å². The van der Waals surface area contributed by atoms with Crippen LogP contribution >= 0.6 is 0 Å². The number of esters is 1. The molecule has 0 aliphatic heterocycles. The Morgan fingerprint density at radius 1 is 1.21 bits per heavy atom. The number of carbonyl (C=O) groups is 1. The van der Waals surface area contributed by atoms with Gasteiger partial charge in [-0.2, -0.15) is 0 Å². The summed E-state index contributed by atoms with van der Waals surface area (Å²) in [5.74, 6) is -0.442. The van der Waals surface area contributed by atoms with Gasteiger partial charge in [-0.3, -0.25) is 0 Å². The first kappa shape index (κ1) is 13.1. The van der Waals surface area contributed by atoms with Crippen molar-refractivity contribution >= 4 is 11.7 Å². The normalized spacial score (nSPS) is 10.2. The van der Waals surface area contributed by atoms with Crippen molar-refractivity contribution in [3.8, 4) is 0 Å². The Balaban J connectivity index is 2.06. The Bertz CT molecular complexity index is 571. The molecule has 1 heterocycles. The minimum absolute atomic E-state index is 0.253. The second kappa shape index (κ2) is 5.52. The minimum Gasteiger partial charge on any atom is -0.456 e. The molecule has 98 valence electrons. The van der Waals surface area contributed by atoms with Crippen LogP contribution in [-0.4, -0.2) is 11.0 Å². The van der Waals surface area contributed by atoms with Gasteiger partial charge in [0, 0.05) is 0 Å². The van der Waals surface area contributed by atoms with Crippen LogP contribution in [0.1, 0.15) is 27.2 Å². The first-order valence-corrected chi connectivity index (χ1v) is 6.01. The number of nitrogen functional groups attached to an aromatic ring is 1. The van der Waals surface area contributed by atoms with Gasteiger partial charge >= 0.3 is 5.97 Å². The van der Waals surface area contributed by atoms with E-state index >= 15 is 0 Å². The molecule has 0 aliphatic rings. The van der Waals surface area contributed by atoms with E-state index in [1.54, 1.807) is 12.1 Å². The van der Waals surface area contributed by atoms with Crippen molar-refractivity contribution in [3.63, 3.8) is 0 Å². The SMILES string of the molecule is Cc1cccc(C)c1COC(=O)c1ccc(N)cn1. The van der Waals surface area contributed by atoms with Crippen molar-refractivity contribution in [2.75, 3.05) is 5.73 Å². The maximum atomic E-state index is 11.8. The third-order valence-corrected chi connectivity index (χ3v) is 2.99. The fourth-order valence-electron chi connectivity index (χ4n) is 1.81. The summed E-state index contributed by atoms with van der Waals surface area (Å²) in [5.41, 5.74) is 9.55. The molecule has 0 amide bonds. The van der Waals surface area contributed by atoms with Gasteiger partial charge in [-0.25, -0.2) is 9.78 Å². The number of anilines is 1. The molecule has 19 heavy (non-hydrogen) atoms. The van der Waals surface area contributed by atoms with Crippen LogP contribution in [0.15, 0.2) is 36.5 Å². The molecule has 0 saturated heterocycles. The standard InChI is InChI=1S/C15H16N2O2/c1-10-4-3-5-11(2)13(10)9-19-15(18)14-7-6-12(16)8-17-14/h3-8H,9,16H2,1-2H3. The second-order valence-electron chi connectivity index (χ2n) is 4.42. The van der Waals surface area contributed by atoms with Crippen LogP contribution in [0.3, 0.4) is 0 Å². The Labute approximate surface area is 112 Å². The van der Waals surface area contributed by atoms with Gasteiger partial charge in [0.1, 0.15) is 12.3 Å². The van der Waals surface area contributed by atoms with Crippen molar-refractivity contribution < 1.29 is 9.53 Å². The third-order valence-electron chi connectivity index (χ3n) is 2.99. The molecular formula is C15H16N2O2. The average Bonchev–Trinajstić information content (AvgIpc) is 2.38. The molecule has 0 spiro atoms. The van der Waals surface area contributed by atoms with Gasteiger partial charge in [-0.15, -0.1) is 0 Å². The van der Waals surface area contributed by atoms with Gasteiger partial charge in [0.25, 0.3) is 0 Å². The molecule has 0 bridgehead atoms. The third kappa shape index (κ3) is 3.10. The van der Waals surface area contributed by atoms with Crippen molar-refractivity contribution in [3.05, 3.63) is 58.9 Å². The molecule has 2 aromatic rings. The van der Waals surface area contributed by atoms with Gasteiger partial charge in [-0.1, -0.05) is 18.2 Å². The van der Waals surface area contributed by atoms with Crippen LogP contribution in [0.25, 0.3) is 0 Å². The van der Waals surface area contributed by atoms with E-state index in [2.05, 4.69) is 4.98 Å². The Hall–Kier alpha value is -2.36. The van der Waals surface area contributed by atoms with Crippen molar-refractivity contribution in [2.24, 2.45) is 0 Å². The highest BCUT2D eigenvalue weighted by Crippen LogP contribution is 2.15. The molecule has 0 radical (unpaired) electrons. The molecule has 0 saturated carbocycles. The summed E-state index contributed by atoms with van der Waals surface area (Å²) < 4.78 is 5.27. The molecular weight excluding hydrogens is 240 g/mol. The lowest BCUT2D eigenvalue weighted by atomic mass is 10.0. The molecule has 4 nitrogen and oxygen atoms in total. The molecule has 2 N–H and O–H groups in total. The molecule has 1 aromatic carbocycles. The Morgan fingerprint density at radius 2 is 1.89 bits per heavy atom. The van der Waals surface area contributed by atoms with E-state index in [1.165, 1.54) is 6.20 Å². The number of nitrogens with zero attached hydrogens (tertiary/aromatic N) is 1. The highest BCUT2D eigenvalue weighted by molar-refractivity contribution is 5.87. The van der Waals surface area contributed by atoms with Crippen LogP contribution in [0.5, 0.6) is 0 Å². The maximum Gasteiger partial charge on any atom is 0.357 e. The van der Waals surface area contributed by atoms with Crippen LogP contribution in [-0.2, 0) is 11.3 Å². The average molecular weight is 256 g/mol. The predicted octanol–water partition coefficient (Wildman–Crippen LogP) is 2.64. The van der Waals surface area contributed by atoms with E-state index in [0.717, 1.165) is 16.7 Å². The molecule has 0 unspecified atom stereocenters. The van der Waals surface area contributed by atoms with Crippen LogP contribution in [0.2, 0.25) is 0 Å². The molecule has 1 aromatic heterocycles. The fourth-order valence-corrected chi connectivity index (χ4v) is 1.81. The number of nitrogens with two attached hydrogens (primary N) is 1. The molecule has 2 rings (SSSR count). The summed E-state index contributed by atoms with van der Waals surface area (Å²) in [7, 11) is 0. The highest BCUT2D eigenvalue weighted by Gasteiger charge is 2.10. The van der Waals surface area contributed by atoms with Gasteiger partial charge in [0.2, 0.25) is 0 Å². The number of benzene rings is 1. The van der Waals surface area contributed by atoms with E-state index in [1.807, 2.05) is 32.0 Å². The van der Waals surface area contributed by atoms with E-state index in [9.17, 15) is 4.79 Å². The summed E-state index contributed by atoms with van der Waals surface area (Å²) >= 11 is 0. The number of aryl methyl sites for hydroxylation is 2. The zero-order valence-corrected chi connectivity index (χ0v) is 11.0. The quantitative estimate of drug-likeness (QED) is 0.857. The summed E-state index contributed by atoms with van der Waals surface area (Å²) in [6.07, 6.45) is 1.44. The zero-order chi connectivity index (χ0) is 13.8. The lowest BCUT2D eigenvalue weighted by molar-refractivity contribution is 0.0464. The summed E-state index contributed by atoms with van der Waals surface area (Å²) in [6, 6.07) is 9.16. The van der Waals surface area contributed by atoms with Crippen LogP contribution in [0.4, 0.5) is 5.69 Å². The Morgan fingerprint density at radius 3 is 2.47 bits per heavy atom. The molecule has 0 atom stereocenters. The van der Waals surface area contributed by atoms with Gasteiger partial charge in [0.05, 0.1) is 11.9 Å². The number of pyridine rings is 1. The topological polar surface area (TPSA) is 65.2 Å². The predicted molar refractivity (Wildman–Crippen MR) is 73.7 cm³/mol. The summed E-state index contributed by atoms with van der Waals surface area (Å²) in [5, 5.41) is 0. The van der Waals surface area contributed by atoms with Crippen molar-refractivity contribution in [1.82, 2.24) is 4.98 Å². The number of aromatic nitrogens is 1. The van der Waals surface area contributed by atoms with Crippen LogP contribution in [0, 0.1) is 13.8 Å². The van der Waals surface area contributed by atoms with E-state index < -0.39 is 5.97 Å². The fraction of sp³-hybridized carbons (Fsp3) is 0.200. The second-order valence-corrected chi connectivity index (χ2v) is 4.42. The lowest BCUT2D eigenvalue weighted by Gasteiger charge is -2.10. The lowest BCUT2D eigenvalue weighted by Crippen LogP contribution is -2.09. The number of rotatable bonds is 3. The minimum atomic E-state index is -0.442. The van der Waals surface area contributed by atoms with Crippen molar-refractivity contribution in [1.29, 1.82) is 0 Å². The van der Waals surface area contributed by atoms with Crippen molar-refractivity contribution in [2.45, 2.75) is 20.5 Å². The zero-order valence-electron chi connectivity index (χ0n) is 11.0. The van der Waals surface area contributed by atoms with E-state index in [0.29, 0.717) is 5.69 Å². The monoisotopic (exact) mass is 256 g/mol. The molecule has 0 aliphatic carbocycles. The van der Waals surface area contributed by atoms with Crippen LogP contribution < -0.4 is 5.73 Å². The number of ether oxygens (including phenoxy) is 1. The number of hydrogen-bond acceptors (Lipinski definition) is 4. The van der Waals surface area contributed by atoms with E-state index in [4.69, 9.17) is 10.5 Å². The number of hydrogen-bond donors (Lipinski definition) is 1. The maximum absolute atomic E-state index is 11.8. The Kier molecular flexibility index (Phi) is 3.80. The van der Waals surface area contributed by atoms with Gasteiger partial charge in [0.15, 0.2) is 0 Å². The number of carbonyl (C=O) groups excluding carboxylic acids is 1. The summed E-state index contributed by atoms with van der Waals surface area (Å²) in [4.78, 5) is 15.8. The first-order valence-electron chi connectivity index (χ1n) is 6.01. The largest absolute Gasteiger partial charge is 0.456 e. The van der Waals surface area contributed by atoms with Gasteiger partial charge < -0.3 is 10.5 Å².